The first-order valence-electron chi connectivity index (χ1n) is 34.2. The molecule has 4 fully saturated rings. The highest BCUT2D eigenvalue weighted by molar-refractivity contribution is 6.11. The highest BCUT2D eigenvalue weighted by Crippen LogP contribution is 2.58. The summed E-state index contributed by atoms with van der Waals surface area (Å²) < 4.78 is 80.9. The SMILES string of the molecule is CC(=O)OC[C@H]1O[C@@H](CC(=O)[C@@H]2[C@@H](c3ccc(OCCOCCOCCOc4ccc([C@@H]5CN(C)[C@]6(C(=O)Nc7ccccc76)[C@H]5C(=O)C[C@@H]5O[C@H](COC(C)=O)[C@@H](OC(C)=O)[C@H](OC(C)=O)[C@H]5OC(C)=O)cc4)cc3)CN(C)[C@@]23C(=O)Nc2ccccc23)[C@H](OC(C)=O)[C@@H](OC(C)=O)[C@@H]1OC(C)=O. The predicted molar refractivity (Wildman–Crippen MR) is 360 cm³/mol. The van der Waals surface area contributed by atoms with Crippen molar-refractivity contribution in [1.29, 1.82) is 0 Å². The van der Waals surface area contributed by atoms with Crippen molar-refractivity contribution in [1.82, 2.24) is 9.80 Å². The van der Waals surface area contributed by atoms with Crippen LogP contribution in [0.15, 0.2) is 97.1 Å². The molecule has 558 valence electrons. The highest BCUT2D eigenvalue weighted by Gasteiger charge is 2.67. The van der Waals surface area contributed by atoms with Crippen LogP contribution < -0.4 is 20.1 Å². The van der Waals surface area contributed by atoms with E-state index in [-0.39, 0.29) is 52.7 Å². The monoisotopic (exact) mass is 1450 g/mol. The molecule has 16 atom stereocenters. The number of likely N-dealkylation sites (N-methyl/N-ethyl adjacent to an activating group) is 2. The second kappa shape index (κ2) is 33.4. The number of esters is 8. The molecule has 2 N–H and O–H groups in total. The summed E-state index contributed by atoms with van der Waals surface area (Å²) in [7, 11) is 3.52. The van der Waals surface area contributed by atoms with Crippen molar-refractivity contribution >= 4 is 82.5 Å². The largest absolute Gasteiger partial charge is 0.491 e. The van der Waals surface area contributed by atoms with E-state index in [1.165, 1.54) is 0 Å². The van der Waals surface area contributed by atoms with Gasteiger partial charge in [-0.25, -0.2) is 0 Å². The zero-order valence-corrected chi connectivity index (χ0v) is 59.3. The van der Waals surface area contributed by atoms with Crippen LogP contribution in [-0.4, -0.2) is 222 Å². The lowest BCUT2D eigenvalue weighted by molar-refractivity contribution is -0.252. The van der Waals surface area contributed by atoms with Crippen LogP contribution in [0, 0.1) is 11.8 Å². The van der Waals surface area contributed by atoms with Gasteiger partial charge in [0.25, 0.3) is 0 Å². The first kappa shape index (κ1) is 76.9. The average Bonchev–Trinajstić information content (AvgIpc) is 1.54. The summed E-state index contributed by atoms with van der Waals surface area (Å²) in [5.74, 6) is -10.6. The van der Waals surface area contributed by atoms with E-state index in [2.05, 4.69) is 10.6 Å². The fourth-order valence-electron chi connectivity index (χ4n) is 15.6. The Morgan fingerprint density at radius 3 is 1.04 bits per heavy atom. The molecule has 0 radical (unpaired) electrons. The van der Waals surface area contributed by atoms with Gasteiger partial charge < -0.3 is 76.9 Å². The zero-order chi connectivity index (χ0) is 74.9. The van der Waals surface area contributed by atoms with Crippen LogP contribution >= 0.6 is 0 Å². The summed E-state index contributed by atoms with van der Waals surface area (Å²) in [5, 5.41) is 5.94. The number of carbonyl (C=O) groups is 12. The van der Waals surface area contributed by atoms with E-state index < -0.39 is 193 Å². The molecule has 0 aliphatic carbocycles. The van der Waals surface area contributed by atoms with Gasteiger partial charge in [-0.05, 0) is 61.6 Å². The fraction of sp³-hybridized carbons (Fsp3) is 0.514. The topological polar surface area (TPSA) is 365 Å². The minimum Gasteiger partial charge on any atom is -0.491 e. The Bertz CT molecular complexity index is 3640. The molecule has 2 amide bonds. The number of nitrogens with zero attached hydrogens (tertiary/aromatic N) is 2. The molecule has 2 spiro atoms. The number of hydrogen-bond acceptors (Lipinski definition) is 28. The minimum atomic E-state index is -1.53. The van der Waals surface area contributed by atoms with E-state index in [1.54, 1.807) is 86.9 Å². The molecule has 30 nitrogen and oxygen atoms in total. The van der Waals surface area contributed by atoms with Crippen molar-refractivity contribution < 1.29 is 124 Å². The third-order valence-corrected chi connectivity index (χ3v) is 19.4. The lowest BCUT2D eigenvalue weighted by Gasteiger charge is -2.45. The summed E-state index contributed by atoms with van der Waals surface area (Å²) in [6.07, 6.45) is -15.2. The van der Waals surface area contributed by atoms with E-state index in [4.69, 9.17) is 66.3 Å². The third kappa shape index (κ3) is 16.6. The number of Topliss-reactive ketones (excluding diaryl/α,β-unsaturated/α-hetero) is 2. The normalized spacial score (nSPS) is 28.2. The van der Waals surface area contributed by atoms with Crippen LogP contribution in [0.25, 0.3) is 0 Å². The Labute approximate surface area is 599 Å². The van der Waals surface area contributed by atoms with E-state index in [0.29, 0.717) is 45.1 Å². The minimum absolute atomic E-state index is 0.164. The van der Waals surface area contributed by atoms with E-state index in [9.17, 15) is 47.9 Å². The maximum Gasteiger partial charge on any atom is 0.303 e. The molecular formula is C74H86N4O26. The summed E-state index contributed by atoms with van der Waals surface area (Å²) in [6.45, 7) is 9.63. The number of benzene rings is 4. The second-order valence-electron chi connectivity index (χ2n) is 26.3. The predicted octanol–water partition coefficient (Wildman–Crippen LogP) is 4.33. The van der Waals surface area contributed by atoms with Crippen molar-refractivity contribution in [2.75, 3.05) is 90.7 Å². The lowest BCUT2D eigenvalue weighted by Crippen LogP contribution is -2.63. The Morgan fingerprint density at radius 2 is 0.712 bits per heavy atom. The second-order valence-corrected chi connectivity index (χ2v) is 26.3. The smallest absolute Gasteiger partial charge is 0.303 e. The fourth-order valence-corrected chi connectivity index (χ4v) is 15.6. The van der Waals surface area contributed by atoms with Gasteiger partial charge in [-0.15, -0.1) is 0 Å². The molecule has 0 unspecified atom stereocenters. The first-order valence-corrected chi connectivity index (χ1v) is 34.2. The molecule has 6 aliphatic rings. The molecule has 4 aromatic rings. The van der Waals surface area contributed by atoms with Gasteiger partial charge in [0.15, 0.2) is 36.6 Å². The van der Waals surface area contributed by atoms with Crippen molar-refractivity contribution in [2.45, 2.75) is 152 Å². The van der Waals surface area contributed by atoms with Gasteiger partial charge in [-0.1, -0.05) is 60.7 Å². The Kier molecular flexibility index (Phi) is 24.7. The average molecular weight is 1450 g/mol. The number of ketones is 2. The standard InChI is InChI=1S/C74H86N4O26/c1-39(79)95-37-61-67(99-43(5)83)69(101-45(7)85)65(97-41(3)81)59(103-61)33-57(87)63-51(35-77(9)73(63)53-15-11-13-17-55(53)75-71(73)89)47-19-23-49(24-20-47)93-31-29-91-27-28-92-30-32-94-50-25-21-48(22-26-50)52-36-78(10)74(54-16-12-14-18-56(54)76-72(74)90)64(52)58(88)34-60-66(98-42(4)82)70(102-46(8)86)68(100-44(6)84)62(104-60)38-96-40(2)80/h11-26,51-52,59-70H,27-38H2,1-10H3,(H,75,89)(H,76,90)/t51-,52+,59-,60-,61+,62+,63+,64-,65-,66-,67+,68+,69+,70+,73-,74+/m0/s1. The molecule has 6 heterocycles. The molecule has 0 bridgehead atoms. The summed E-state index contributed by atoms with van der Waals surface area (Å²) >= 11 is 0. The van der Waals surface area contributed by atoms with Crippen LogP contribution in [0.2, 0.25) is 0 Å². The number of fused-ring (bicyclic) bond motifs is 4. The van der Waals surface area contributed by atoms with Gasteiger partial charge in [-0.2, -0.15) is 0 Å². The van der Waals surface area contributed by atoms with Crippen molar-refractivity contribution in [3.63, 3.8) is 0 Å². The maximum atomic E-state index is 15.4. The summed E-state index contributed by atoms with van der Waals surface area (Å²) in [6, 6.07) is 28.4. The first-order chi connectivity index (χ1) is 49.6. The molecule has 30 heteroatoms. The quantitative estimate of drug-likeness (QED) is 0.0434. The van der Waals surface area contributed by atoms with Crippen LogP contribution in [0.3, 0.4) is 0 Å². The number of anilines is 2. The van der Waals surface area contributed by atoms with E-state index in [1.807, 2.05) is 34.1 Å². The number of ether oxygens (including phenoxy) is 14. The number of hydrogen-bond donors (Lipinski definition) is 2. The van der Waals surface area contributed by atoms with Gasteiger partial charge in [-0.3, -0.25) is 67.3 Å². The van der Waals surface area contributed by atoms with Crippen LogP contribution in [-0.2, 0) is 125 Å². The van der Waals surface area contributed by atoms with Gasteiger partial charge in [0, 0.05) is 116 Å². The Morgan fingerprint density at radius 1 is 0.404 bits per heavy atom. The molecular weight excluding hydrogens is 1360 g/mol. The van der Waals surface area contributed by atoms with E-state index in [0.717, 1.165) is 55.4 Å². The van der Waals surface area contributed by atoms with Crippen LogP contribution in [0.4, 0.5) is 11.4 Å². The molecule has 0 aromatic heterocycles. The van der Waals surface area contributed by atoms with Crippen molar-refractivity contribution in [3.05, 3.63) is 119 Å². The Balaban J connectivity index is 0.750. The number of carbonyl (C=O) groups excluding carboxylic acids is 12. The van der Waals surface area contributed by atoms with E-state index >= 15 is 9.59 Å². The molecule has 4 aromatic carbocycles. The van der Waals surface area contributed by atoms with Gasteiger partial charge in [0.1, 0.15) is 85.0 Å². The summed E-state index contributed by atoms with van der Waals surface area (Å²) in [5.41, 5.74) is 0.518. The number of amides is 2. The van der Waals surface area contributed by atoms with Crippen molar-refractivity contribution in [2.24, 2.45) is 11.8 Å². The van der Waals surface area contributed by atoms with Crippen LogP contribution in [0.5, 0.6) is 11.5 Å². The van der Waals surface area contributed by atoms with Crippen LogP contribution in [0.1, 0.15) is 102 Å². The number of para-hydroxylation sites is 2. The number of rotatable bonds is 29. The zero-order valence-electron chi connectivity index (χ0n) is 59.3. The van der Waals surface area contributed by atoms with Gasteiger partial charge in [0.2, 0.25) is 11.8 Å². The lowest BCUT2D eigenvalue weighted by atomic mass is 9.70. The number of nitrogens with one attached hydrogen (secondary N) is 2. The highest BCUT2D eigenvalue weighted by atomic mass is 16.7. The molecule has 10 rings (SSSR count). The Hall–Kier alpha value is -9.72. The van der Waals surface area contributed by atoms with Gasteiger partial charge >= 0.3 is 47.8 Å². The maximum absolute atomic E-state index is 15.4. The number of likely N-dealkylation sites (tertiary alicyclic amines) is 2. The molecule has 0 saturated carbocycles. The molecule has 104 heavy (non-hydrogen) atoms. The van der Waals surface area contributed by atoms with Crippen molar-refractivity contribution in [3.8, 4) is 11.5 Å². The van der Waals surface area contributed by atoms with Gasteiger partial charge in [0.05, 0.1) is 38.3 Å². The summed E-state index contributed by atoms with van der Waals surface area (Å²) in [4.78, 5) is 163. The third-order valence-electron chi connectivity index (χ3n) is 19.4. The molecule has 4 saturated heterocycles. The molecule has 6 aliphatic heterocycles.